The van der Waals surface area contributed by atoms with Gasteiger partial charge in [0.15, 0.2) is 0 Å². The first kappa shape index (κ1) is 12.5. The number of nitrogens with zero attached hydrogens (tertiary/aromatic N) is 1. The van der Waals surface area contributed by atoms with E-state index in [2.05, 4.69) is 6.92 Å². The van der Waals surface area contributed by atoms with Crippen LogP contribution in [-0.4, -0.2) is 18.7 Å². The summed E-state index contributed by atoms with van der Waals surface area (Å²) in [4.78, 5) is 6.07. The second-order valence-corrected chi connectivity index (χ2v) is 4.02. The Bertz CT molecular complexity index is 256. The summed E-state index contributed by atoms with van der Waals surface area (Å²) in [5, 5.41) is 1.69. The average Bonchev–Trinajstić information content (AvgIpc) is 2.28. The van der Waals surface area contributed by atoms with Crippen molar-refractivity contribution in [1.29, 1.82) is 0 Å². The van der Waals surface area contributed by atoms with Crippen LogP contribution in [0, 0.1) is 0 Å². The third-order valence-corrected chi connectivity index (χ3v) is 2.45. The van der Waals surface area contributed by atoms with Crippen LogP contribution in [0.1, 0.15) is 19.8 Å². The minimum Gasteiger partial charge on any atom is -0.159 e. The number of benzene rings is 1. The molecule has 1 rings (SSSR count). The fourth-order valence-corrected chi connectivity index (χ4v) is 1.48. The molecule has 0 atom stereocenters. The van der Waals surface area contributed by atoms with Gasteiger partial charge in [0.1, 0.15) is 0 Å². The Labute approximate surface area is 95.5 Å². The van der Waals surface area contributed by atoms with Crippen LogP contribution in [0.25, 0.3) is 0 Å². The fourth-order valence-electron chi connectivity index (χ4n) is 1.00. The van der Waals surface area contributed by atoms with Gasteiger partial charge in [-0.3, -0.25) is 0 Å². The smallest absolute Gasteiger partial charge is 0.0702 e. The van der Waals surface area contributed by atoms with Crippen molar-refractivity contribution in [2.45, 2.75) is 24.7 Å². The van der Waals surface area contributed by atoms with Gasteiger partial charge in [0.2, 0.25) is 0 Å². The largest absolute Gasteiger partial charge is 0.159 e. The standard InChI is InChI=1S/C11H17NO2S/c1-3-4-10-12(2)13-14-15-11-8-6-5-7-9-11/h5-9H,3-4,10H2,1-2H3. The zero-order valence-electron chi connectivity index (χ0n) is 9.18. The molecule has 0 aliphatic carbocycles. The molecule has 0 bridgehead atoms. The number of hydroxylamine groups is 2. The van der Waals surface area contributed by atoms with E-state index in [1.165, 1.54) is 12.0 Å². The summed E-state index contributed by atoms with van der Waals surface area (Å²) in [6, 6.07) is 9.84. The highest BCUT2D eigenvalue weighted by molar-refractivity contribution is 7.94. The molecule has 84 valence electrons. The summed E-state index contributed by atoms with van der Waals surface area (Å²) in [5.41, 5.74) is 0. The summed E-state index contributed by atoms with van der Waals surface area (Å²) in [7, 11) is 1.86. The second kappa shape index (κ2) is 7.70. The maximum atomic E-state index is 5.04. The molecule has 0 spiro atoms. The number of hydrogen-bond donors (Lipinski definition) is 0. The Kier molecular flexibility index (Phi) is 6.43. The lowest BCUT2D eigenvalue weighted by molar-refractivity contribution is -0.350. The third kappa shape index (κ3) is 5.79. The summed E-state index contributed by atoms with van der Waals surface area (Å²) in [6.45, 7) is 3.03. The van der Waals surface area contributed by atoms with Crippen molar-refractivity contribution in [2.24, 2.45) is 0 Å². The first-order chi connectivity index (χ1) is 7.33. The Morgan fingerprint density at radius 3 is 2.67 bits per heavy atom. The minimum atomic E-state index is 0.881. The summed E-state index contributed by atoms with van der Waals surface area (Å²) >= 11 is 1.22. The zero-order valence-corrected chi connectivity index (χ0v) is 10.00. The van der Waals surface area contributed by atoms with Gasteiger partial charge in [0.25, 0.3) is 0 Å². The van der Waals surface area contributed by atoms with E-state index < -0.39 is 0 Å². The predicted octanol–water partition coefficient (Wildman–Crippen LogP) is 3.29. The molecule has 0 unspecified atom stereocenters. The van der Waals surface area contributed by atoms with Crippen LogP contribution in [0.2, 0.25) is 0 Å². The van der Waals surface area contributed by atoms with Crippen LogP contribution < -0.4 is 0 Å². The van der Waals surface area contributed by atoms with E-state index in [1.54, 1.807) is 5.06 Å². The molecular formula is C11H17NO2S. The van der Waals surface area contributed by atoms with Crippen LogP contribution in [0.5, 0.6) is 0 Å². The van der Waals surface area contributed by atoms with Crippen molar-refractivity contribution in [2.75, 3.05) is 13.6 Å². The molecule has 0 saturated heterocycles. The molecule has 0 fully saturated rings. The van der Waals surface area contributed by atoms with E-state index in [1.807, 2.05) is 37.4 Å². The first-order valence-corrected chi connectivity index (χ1v) is 5.84. The highest BCUT2D eigenvalue weighted by atomic mass is 32.2. The van der Waals surface area contributed by atoms with E-state index in [0.717, 1.165) is 24.3 Å². The van der Waals surface area contributed by atoms with Crippen molar-refractivity contribution >= 4 is 12.0 Å². The Morgan fingerprint density at radius 2 is 2.00 bits per heavy atom. The Morgan fingerprint density at radius 1 is 1.27 bits per heavy atom. The molecule has 0 saturated carbocycles. The van der Waals surface area contributed by atoms with Crippen molar-refractivity contribution < 1.29 is 9.32 Å². The van der Waals surface area contributed by atoms with Gasteiger partial charge in [-0.05, 0) is 18.6 Å². The summed E-state index contributed by atoms with van der Waals surface area (Å²) in [6.07, 6.45) is 2.26. The summed E-state index contributed by atoms with van der Waals surface area (Å²) < 4.78 is 5.02. The first-order valence-electron chi connectivity index (χ1n) is 5.10. The molecule has 1 aromatic carbocycles. The molecule has 0 N–H and O–H groups in total. The predicted molar refractivity (Wildman–Crippen MR) is 62.0 cm³/mol. The SMILES string of the molecule is CCCCN(C)OOSc1ccccc1. The fraction of sp³-hybridized carbons (Fsp3) is 0.455. The van der Waals surface area contributed by atoms with Crippen LogP contribution >= 0.6 is 12.0 Å². The van der Waals surface area contributed by atoms with Gasteiger partial charge in [-0.1, -0.05) is 31.5 Å². The molecule has 1 aromatic rings. The Balaban J connectivity index is 2.11. The topological polar surface area (TPSA) is 21.7 Å². The lowest BCUT2D eigenvalue weighted by Gasteiger charge is -2.12. The quantitative estimate of drug-likeness (QED) is 0.405. The van der Waals surface area contributed by atoms with Crippen molar-refractivity contribution in [3.8, 4) is 0 Å². The molecule has 3 nitrogen and oxygen atoms in total. The van der Waals surface area contributed by atoms with Crippen LogP contribution in [-0.2, 0) is 9.32 Å². The van der Waals surface area contributed by atoms with Crippen molar-refractivity contribution in [3.05, 3.63) is 30.3 Å². The van der Waals surface area contributed by atoms with Gasteiger partial charge >= 0.3 is 0 Å². The number of rotatable bonds is 7. The maximum absolute atomic E-state index is 5.04. The highest BCUT2D eigenvalue weighted by Gasteiger charge is 1.99. The lowest BCUT2D eigenvalue weighted by Crippen LogP contribution is -2.18. The number of unbranched alkanes of at least 4 members (excludes halogenated alkanes) is 1. The molecular weight excluding hydrogens is 210 g/mol. The van der Waals surface area contributed by atoms with Gasteiger partial charge in [0, 0.05) is 18.5 Å². The maximum Gasteiger partial charge on any atom is 0.0702 e. The molecule has 15 heavy (non-hydrogen) atoms. The normalized spacial score (nSPS) is 10.9. The molecule has 0 aromatic heterocycles. The van der Waals surface area contributed by atoms with Crippen molar-refractivity contribution in [3.63, 3.8) is 0 Å². The lowest BCUT2D eigenvalue weighted by atomic mass is 10.3. The summed E-state index contributed by atoms with van der Waals surface area (Å²) in [5.74, 6) is 0. The molecule has 0 heterocycles. The molecule has 0 radical (unpaired) electrons. The van der Waals surface area contributed by atoms with Gasteiger partial charge in [-0.25, -0.2) is 0 Å². The van der Waals surface area contributed by atoms with Gasteiger partial charge in [-0.2, -0.15) is 5.06 Å². The van der Waals surface area contributed by atoms with E-state index in [-0.39, 0.29) is 0 Å². The van der Waals surface area contributed by atoms with Gasteiger partial charge < -0.3 is 0 Å². The molecule has 4 heteroatoms. The van der Waals surface area contributed by atoms with Crippen LogP contribution in [0.3, 0.4) is 0 Å². The van der Waals surface area contributed by atoms with E-state index >= 15 is 0 Å². The number of hydrogen-bond acceptors (Lipinski definition) is 4. The monoisotopic (exact) mass is 227 g/mol. The van der Waals surface area contributed by atoms with Crippen LogP contribution in [0.4, 0.5) is 0 Å². The van der Waals surface area contributed by atoms with Crippen LogP contribution in [0.15, 0.2) is 35.2 Å². The average molecular weight is 227 g/mol. The van der Waals surface area contributed by atoms with E-state index in [4.69, 9.17) is 9.32 Å². The Hall–Kier alpha value is -0.550. The second-order valence-electron chi connectivity index (χ2n) is 3.24. The van der Waals surface area contributed by atoms with E-state index in [9.17, 15) is 0 Å². The molecule has 0 aliphatic rings. The molecule has 0 amide bonds. The zero-order chi connectivity index (χ0) is 10.9. The molecule has 0 aliphatic heterocycles. The van der Waals surface area contributed by atoms with E-state index in [0.29, 0.717) is 0 Å². The van der Waals surface area contributed by atoms with Crippen molar-refractivity contribution in [1.82, 2.24) is 5.06 Å². The van der Waals surface area contributed by atoms with Gasteiger partial charge in [0.05, 0.1) is 12.0 Å². The highest BCUT2D eigenvalue weighted by Crippen LogP contribution is 2.18. The third-order valence-electron chi connectivity index (χ3n) is 1.86. The minimum absolute atomic E-state index is 0.881. The van der Waals surface area contributed by atoms with Gasteiger partial charge in [-0.15, -0.1) is 9.32 Å².